The second-order valence-corrected chi connectivity index (χ2v) is 4.07. The minimum atomic E-state index is -0.346. The highest BCUT2D eigenvalue weighted by Gasteiger charge is 2.24. The van der Waals surface area contributed by atoms with E-state index in [1.54, 1.807) is 19.2 Å². The molecule has 2 N–H and O–H groups in total. The first kappa shape index (κ1) is 10.2. The average Bonchev–Trinajstić information content (AvgIpc) is 2.67. The quantitative estimate of drug-likeness (QED) is 0.620. The molecule has 0 unspecified atom stereocenters. The maximum atomic E-state index is 11.4. The number of aliphatic imine (C=N–C) groups is 1. The first-order valence-electron chi connectivity index (χ1n) is 4.17. The highest BCUT2D eigenvalue weighted by molar-refractivity contribution is 14.1. The van der Waals surface area contributed by atoms with Crippen molar-refractivity contribution in [2.24, 2.45) is 10.7 Å². The van der Waals surface area contributed by atoms with Gasteiger partial charge in [0.05, 0.1) is 0 Å². The normalized spacial score (nSPS) is 18.8. The van der Waals surface area contributed by atoms with Gasteiger partial charge in [-0.25, -0.2) is 0 Å². The SMILES string of the molecule is CN1C(N)=NC(=O)/C1=C/c1ccc(I)o1. The minimum absolute atomic E-state index is 0.201. The van der Waals surface area contributed by atoms with Crippen LogP contribution in [0.1, 0.15) is 5.76 Å². The molecular formula is C9H8IN3O2. The molecule has 0 saturated carbocycles. The van der Waals surface area contributed by atoms with Crippen LogP contribution in [0.25, 0.3) is 6.08 Å². The van der Waals surface area contributed by atoms with Crippen LogP contribution in [0.3, 0.4) is 0 Å². The number of hydrogen-bond acceptors (Lipinski definition) is 4. The lowest BCUT2D eigenvalue weighted by Crippen LogP contribution is -2.28. The van der Waals surface area contributed by atoms with E-state index in [0.29, 0.717) is 11.5 Å². The summed E-state index contributed by atoms with van der Waals surface area (Å²) < 4.78 is 6.08. The smallest absolute Gasteiger partial charge is 0.297 e. The molecule has 1 aromatic rings. The van der Waals surface area contributed by atoms with E-state index in [-0.39, 0.29) is 11.9 Å². The number of halogens is 1. The number of hydrogen-bond donors (Lipinski definition) is 1. The number of carbonyl (C=O) groups is 1. The van der Waals surface area contributed by atoms with Crippen LogP contribution < -0.4 is 5.73 Å². The number of nitrogens with two attached hydrogens (primary N) is 1. The van der Waals surface area contributed by atoms with E-state index in [1.807, 2.05) is 6.07 Å². The Balaban J connectivity index is 2.33. The fraction of sp³-hybridized carbons (Fsp3) is 0.111. The zero-order valence-corrected chi connectivity index (χ0v) is 10.1. The summed E-state index contributed by atoms with van der Waals surface area (Å²) in [6.07, 6.45) is 1.62. The van der Waals surface area contributed by atoms with Crippen molar-refractivity contribution in [2.45, 2.75) is 0 Å². The van der Waals surface area contributed by atoms with Crippen molar-refractivity contribution in [3.05, 3.63) is 27.4 Å². The van der Waals surface area contributed by atoms with Crippen LogP contribution in [0.2, 0.25) is 0 Å². The maximum absolute atomic E-state index is 11.4. The van der Waals surface area contributed by atoms with Gasteiger partial charge in [0.15, 0.2) is 3.77 Å². The van der Waals surface area contributed by atoms with Gasteiger partial charge in [0.1, 0.15) is 11.5 Å². The van der Waals surface area contributed by atoms with Crippen LogP contribution >= 0.6 is 22.6 Å². The van der Waals surface area contributed by atoms with Crippen molar-refractivity contribution in [2.75, 3.05) is 7.05 Å². The van der Waals surface area contributed by atoms with Crippen molar-refractivity contribution >= 4 is 40.5 Å². The zero-order chi connectivity index (χ0) is 11.0. The van der Waals surface area contributed by atoms with Crippen LogP contribution in [-0.2, 0) is 4.79 Å². The molecular weight excluding hydrogens is 309 g/mol. The molecule has 1 aliphatic rings. The number of guanidine groups is 1. The summed E-state index contributed by atoms with van der Waals surface area (Å²) in [5.74, 6) is 0.466. The van der Waals surface area contributed by atoms with Gasteiger partial charge in [-0.15, -0.1) is 0 Å². The van der Waals surface area contributed by atoms with Gasteiger partial charge < -0.3 is 15.1 Å². The van der Waals surface area contributed by atoms with Gasteiger partial charge in [0.25, 0.3) is 5.91 Å². The van der Waals surface area contributed by atoms with E-state index in [0.717, 1.165) is 3.77 Å². The molecule has 0 atom stereocenters. The third kappa shape index (κ3) is 1.89. The molecule has 0 spiro atoms. The molecule has 78 valence electrons. The second kappa shape index (κ2) is 3.69. The van der Waals surface area contributed by atoms with E-state index in [2.05, 4.69) is 27.6 Å². The van der Waals surface area contributed by atoms with Gasteiger partial charge >= 0.3 is 0 Å². The van der Waals surface area contributed by atoms with Crippen LogP contribution in [0, 0.1) is 3.77 Å². The lowest BCUT2D eigenvalue weighted by Gasteiger charge is -2.10. The van der Waals surface area contributed by atoms with E-state index < -0.39 is 0 Å². The standard InChI is InChI=1S/C9H8IN3O2/c1-13-6(8(14)12-9(13)11)4-5-2-3-7(10)15-5/h2-4H,1H3,(H2,11,12,14)/b6-4-. The molecule has 2 heterocycles. The van der Waals surface area contributed by atoms with Crippen molar-refractivity contribution in [1.82, 2.24) is 4.90 Å². The first-order valence-corrected chi connectivity index (χ1v) is 5.25. The predicted octanol–water partition coefficient (Wildman–Crippen LogP) is 1.01. The van der Waals surface area contributed by atoms with Gasteiger partial charge in [-0.1, -0.05) is 0 Å². The highest BCUT2D eigenvalue weighted by atomic mass is 127. The lowest BCUT2D eigenvalue weighted by atomic mass is 10.3. The van der Waals surface area contributed by atoms with Gasteiger partial charge in [-0.2, -0.15) is 4.99 Å². The van der Waals surface area contributed by atoms with Crippen molar-refractivity contribution < 1.29 is 9.21 Å². The Morgan fingerprint density at radius 1 is 1.60 bits per heavy atom. The Morgan fingerprint density at radius 3 is 2.80 bits per heavy atom. The van der Waals surface area contributed by atoms with Gasteiger partial charge in [-0.3, -0.25) is 4.79 Å². The van der Waals surface area contributed by atoms with Crippen LogP contribution in [0.4, 0.5) is 0 Å². The van der Waals surface area contributed by atoms with Gasteiger partial charge in [0, 0.05) is 13.1 Å². The molecule has 15 heavy (non-hydrogen) atoms. The van der Waals surface area contributed by atoms with Crippen LogP contribution in [-0.4, -0.2) is 23.8 Å². The predicted molar refractivity (Wildman–Crippen MR) is 63.8 cm³/mol. The Hall–Kier alpha value is -1.31. The number of carbonyl (C=O) groups excluding carboxylic acids is 1. The van der Waals surface area contributed by atoms with E-state index in [9.17, 15) is 4.79 Å². The Kier molecular flexibility index (Phi) is 2.51. The number of amides is 1. The molecule has 0 fully saturated rings. The molecule has 0 aromatic carbocycles. The largest absolute Gasteiger partial charge is 0.451 e. The zero-order valence-electron chi connectivity index (χ0n) is 7.90. The molecule has 0 radical (unpaired) electrons. The van der Waals surface area contributed by atoms with E-state index in [4.69, 9.17) is 10.2 Å². The lowest BCUT2D eigenvalue weighted by molar-refractivity contribution is -0.114. The molecule has 0 saturated heterocycles. The van der Waals surface area contributed by atoms with E-state index in [1.165, 1.54) is 4.90 Å². The number of likely N-dealkylation sites (N-methyl/N-ethyl adjacent to an activating group) is 1. The summed E-state index contributed by atoms with van der Waals surface area (Å²) in [5.41, 5.74) is 5.92. The van der Waals surface area contributed by atoms with Crippen molar-refractivity contribution in [1.29, 1.82) is 0 Å². The molecule has 0 bridgehead atoms. The van der Waals surface area contributed by atoms with Crippen LogP contribution in [0.15, 0.2) is 27.2 Å². The number of nitrogens with zero attached hydrogens (tertiary/aromatic N) is 2. The minimum Gasteiger partial charge on any atom is -0.451 e. The second-order valence-electron chi connectivity index (χ2n) is 3.01. The third-order valence-electron chi connectivity index (χ3n) is 2.01. The summed E-state index contributed by atoms with van der Waals surface area (Å²) in [4.78, 5) is 16.5. The molecule has 1 aliphatic heterocycles. The molecule has 0 aliphatic carbocycles. The Morgan fingerprint density at radius 2 is 2.33 bits per heavy atom. The fourth-order valence-corrected chi connectivity index (χ4v) is 1.64. The fourth-order valence-electron chi connectivity index (χ4n) is 1.20. The summed E-state index contributed by atoms with van der Waals surface area (Å²) in [6.45, 7) is 0. The topological polar surface area (TPSA) is 71.8 Å². The van der Waals surface area contributed by atoms with Crippen LogP contribution in [0.5, 0.6) is 0 Å². The third-order valence-corrected chi connectivity index (χ3v) is 2.59. The molecule has 1 amide bonds. The van der Waals surface area contributed by atoms with E-state index >= 15 is 0 Å². The first-order chi connectivity index (χ1) is 7.08. The van der Waals surface area contributed by atoms with Gasteiger partial charge in [-0.05, 0) is 34.7 Å². The summed E-state index contributed by atoms with van der Waals surface area (Å²) >= 11 is 2.05. The van der Waals surface area contributed by atoms with Crippen molar-refractivity contribution in [3.8, 4) is 0 Å². The number of furan rings is 1. The Bertz CT molecular complexity index is 475. The van der Waals surface area contributed by atoms with Crippen molar-refractivity contribution in [3.63, 3.8) is 0 Å². The Labute approximate surface area is 99.8 Å². The summed E-state index contributed by atoms with van der Waals surface area (Å²) in [6, 6.07) is 3.60. The molecule has 5 nitrogen and oxygen atoms in total. The molecule has 2 rings (SSSR count). The average molecular weight is 317 g/mol. The molecule has 6 heteroatoms. The maximum Gasteiger partial charge on any atom is 0.297 e. The summed E-state index contributed by atoms with van der Waals surface area (Å²) in [5, 5.41) is 0. The monoisotopic (exact) mass is 317 g/mol. The summed E-state index contributed by atoms with van der Waals surface area (Å²) in [7, 11) is 1.68. The number of rotatable bonds is 1. The highest BCUT2D eigenvalue weighted by Crippen LogP contribution is 2.18. The molecule has 1 aromatic heterocycles. The van der Waals surface area contributed by atoms with Gasteiger partial charge in [0.2, 0.25) is 5.96 Å².